The smallest absolute Gasteiger partial charge is 0.324 e. The van der Waals surface area contributed by atoms with E-state index in [1.165, 1.54) is 5.56 Å². The monoisotopic (exact) mass is 461 g/mol. The van der Waals surface area contributed by atoms with Crippen LogP contribution in [0.1, 0.15) is 77.0 Å². The second-order valence-electron chi connectivity index (χ2n) is 10.9. The summed E-state index contributed by atoms with van der Waals surface area (Å²) in [5.41, 5.74) is 2.33. The number of hydrogen-bond acceptors (Lipinski definition) is 4. The number of esters is 1. The summed E-state index contributed by atoms with van der Waals surface area (Å²) in [4.78, 5) is 28.2. The maximum atomic E-state index is 13.7. The molecule has 2 aliphatic rings. The molecule has 4 heteroatoms. The first kappa shape index (κ1) is 24.7. The fourth-order valence-electron chi connectivity index (χ4n) is 6.04. The lowest BCUT2D eigenvalue weighted by molar-refractivity contribution is -0.167. The van der Waals surface area contributed by atoms with E-state index in [2.05, 4.69) is 69.0 Å². The lowest BCUT2D eigenvalue weighted by atomic mass is 9.64. The highest BCUT2D eigenvalue weighted by Crippen LogP contribution is 2.44. The van der Waals surface area contributed by atoms with Crippen molar-refractivity contribution >= 4 is 11.8 Å². The second-order valence-corrected chi connectivity index (χ2v) is 10.9. The summed E-state index contributed by atoms with van der Waals surface area (Å²) in [5, 5.41) is 0. The topological polar surface area (TPSA) is 46.6 Å². The fraction of sp³-hybridized carbons (Fsp3) is 0.533. The van der Waals surface area contributed by atoms with Crippen LogP contribution < -0.4 is 0 Å². The summed E-state index contributed by atoms with van der Waals surface area (Å²) >= 11 is 0. The van der Waals surface area contributed by atoms with Gasteiger partial charge in [-0.25, -0.2) is 0 Å². The van der Waals surface area contributed by atoms with E-state index >= 15 is 0 Å². The highest BCUT2D eigenvalue weighted by Gasteiger charge is 2.44. The molecule has 0 bridgehead atoms. The molecule has 0 amide bonds. The van der Waals surface area contributed by atoms with Gasteiger partial charge in [-0.1, -0.05) is 87.9 Å². The Balaban J connectivity index is 1.55. The number of benzene rings is 2. The van der Waals surface area contributed by atoms with E-state index in [1.54, 1.807) is 0 Å². The standard InChI is InChI=1S/C30H39NO3/c1-21-15-16-26(30(3,4)24-13-9-6-10-14-24)28(19-21)34-29(33)27-20-25(32)17-18-31(27)22(2)23-11-7-5-8-12-23/h5-14,21-22,26-28H,15-20H2,1-4H3/t21-,22-,26-,27-,28+/m1/s1. The largest absolute Gasteiger partial charge is 0.461 e. The molecular weight excluding hydrogens is 422 g/mol. The van der Waals surface area contributed by atoms with E-state index in [1.807, 2.05) is 24.3 Å². The maximum Gasteiger partial charge on any atom is 0.324 e. The summed E-state index contributed by atoms with van der Waals surface area (Å²) in [6.45, 7) is 9.51. The number of piperidine rings is 1. The number of nitrogens with zero attached hydrogens (tertiary/aromatic N) is 1. The lowest BCUT2D eigenvalue weighted by Gasteiger charge is -2.45. The van der Waals surface area contributed by atoms with Crippen molar-refractivity contribution in [3.63, 3.8) is 0 Å². The van der Waals surface area contributed by atoms with E-state index < -0.39 is 6.04 Å². The zero-order valence-electron chi connectivity index (χ0n) is 21.1. The molecule has 2 fully saturated rings. The van der Waals surface area contributed by atoms with Gasteiger partial charge in [-0.05, 0) is 42.2 Å². The number of likely N-dealkylation sites (tertiary alicyclic amines) is 1. The predicted octanol–water partition coefficient (Wildman–Crippen LogP) is 6.11. The van der Waals surface area contributed by atoms with E-state index in [0.717, 1.165) is 24.8 Å². The Hall–Kier alpha value is -2.46. The molecule has 0 spiro atoms. The van der Waals surface area contributed by atoms with Crippen LogP contribution in [0.25, 0.3) is 0 Å². The van der Waals surface area contributed by atoms with E-state index in [0.29, 0.717) is 18.9 Å². The van der Waals surface area contributed by atoms with Crippen molar-refractivity contribution < 1.29 is 14.3 Å². The molecule has 182 valence electrons. The number of carbonyl (C=O) groups is 2. The molecule has 1 saturated heterocycles. The molecule has 0 unspecified atom stereocenters. The molecular formula is C30H39NO3. The Labute approximate surface area is 204 Å². The summed E-state index contributed by atoms with van der Waals surface area (Å²) in [6.07, 6.45) is 3.65. The molecule has 2 aromatic carbocycles. The SMILES string of the molecule is C[C@@H]1CC[C@@H](C(C)(C)c2ccccc2)[C@@H](OC(=O)[C@H]2CC(=O)CCN2[C@H](C)c2ccccc2)C1. The molecule has 2 aromatic rings. The molecule has 1 saturated carbocycles. The van der Waals surface area contributed by atoms with Crippen LogP contribution in [-0.4, -0.2) is 35.3 Å². The zero-order chi connectivity index (χ0) is 24.3. The highest BCUT2D eigenvalue weighted by atomic mass is 16.5. The van der Waals surface area contributed by atoms with Crippen LogP contribution >= 0.6 is 0 Å². The summed E-state index contributed by atoms with van der Waals surface area (Å²) in [6, 6.07) is 20.3. The first-order valence-electron chi connectivity index (χ1n) is 12.9. The van der Waals surface area contributed by atoms with Crippen LogP contribution in [-0.2, 0) is 19.7 Å². The number of rotatable bonds is 6. The number of hydrogen-bond donors (Lipinski definition) is 0. The van der Waals surface area contributed by atoms with Crippen LogP contribution in [0.15, 0.2) is 60.7 Å². The van der Waals surface area contributed by atoms with Crippen molar-refractivity contribution in [1.29, 1.82) is 0 Å². The van der Waals surface area contributed by atoms with Gasteiger partial charge in [0.05, 0.1) is 0 Å². The Morgan fingerprint density at radius 2 is 1.68 bits per heavy atom. The molecule has 0 radical (unpaired) electrons. The van der Waals surface area contributed by atoms with Gasteiger partial charge in [-0.15, -0.1) is 0 Å². The van der Waals surface area contributed by atoms with Gasteiger partial charge in [0.1, 0.15) is 17.9 Å². The number of Topliss-reactive ketones (excluding diaryl/α,β-unsaturated/α-hetero) is 1. The quantitative estimate of drug-likeness (QED) is 0.487. The predicted molar refractivity (Wildman–Crippen MR) is 135 cm³/mol. The highest BCUT2D eigenvalue weighted by molar-refractivity contribution is 5.88. The van der Waals surface area contributed by atoms with Gasteiger partial charge >= 0.3 is 5.97 Å². The van der Waals surface area contributed by atoms with Crippen LogP contribution in [0.4, 0.5) is 0 Å². The Bertz CT molecular complexity index is 971. The number of carbonyl (C=O) groups excluding carboxylic acids is 2. The second kappa shape index (κ2) is 10.4. The van der Waals surface area contributed by atoms with Crippen molar-refractivity contribution in [3.05, 3.63) is 71.8 Å². The summed E-state index contributed by atoms with van der Waals surface area (Å²) in [5.74, 6) is 0.683. The molecule has 0 N–H and O–H groups in total. The minimum Gasteiger partial charge on any atom is -0.461 e. The first-order valence-corrected chi connectivity index (χ1v) is 12.9. The molecule has 1 aliphatic heterocycles. The zero-order valence-corrected chi connectivity index (χ0v) is 21.1. The Morgan fingerprint density at radius 3 is 2.35 bits per heavy atom. The Kier molecular flexibility index (Phi) is 7.57. The van der Waals surface area contributed by atoms with Gasteiger partial charge in [0.15, 0.2) is 0 Å². The Morgan fingerprint density at radius 1 is 1.03 bits per heavy atom. The van der Waals surface area contributed by atoms with Gasteiger partial charge in [0.25, 0.3) is 0 Å². The van der Waals surface area contributed by atoms with Crippen LogP contribution in [0.5, 0.6) is 0 Å². The van der Waals surface area contributed by atoms with Crippen molar-refractivity contribution in [2.24, 2.45) is 11.8 Å². The molecule has 1 aliphatic carbocycles. The average molecular weight is 462 g/mol. The van der Waals surface area contributed by atoms with Crippen LogP contribution in [0.3, 0.4) is 0 Å². The minimum absolute atomic E-state index is 0.0497. The number of ketones is 1. The van der Waals surface area contributed by atoms with Crippen molar-refractivity contribution in [3.8, 4) is 0 Å². The van der Waals surface area contributed by atoms with Crippen molar-refractivity contribution in [2.75, 3.05) is 6.54 Å². The van der Waals surface area contributed by atoms with E-state index in [9.17, 15) is 9.59 Å². The minimum atomic E-state index is -0.519. The maximum absolute atomic E-state index is 13.7. The summed E-state index contributed by atoms with van der Waals surface area (Å²) < 4.78 is 6.35. The third-order valence-electron chi connectivity index (χ3n) is 8.29. The van der Waals surface area contributed by atoms with Crippen molar-refractivity contribution in [2.45, 2.75) is 83.4 Å². The molecule has 4 rings (SSSR count). The third-order valence-corrected chi connectivity index (χ3v) is 8.29. The average Bonchev–Trinajstić information content (AvgIpc) is 2.84. The van der Waals surface area contributed by atoms with Crippen LogP contribution in [0, 0.1) is 11.8 Å². The lowest BCUT2D eigenvalue weighted by Crippen LogP contribution is -2.51. The molecule has 5 atom stereocenters. The fourth-order valence-corrected chi connectivity index (χ4v) is 6.04. The van der Waals surface area contributed by atoms with Gasteiger partial charge < -0.3 is 4.74 Å². The van der Waals surface area contributed by atoms with Crippen LogP contribution in [0.2, 0.25) is 0 Å². The first-order chi connectivity index (χ1) is 16.3. The number of ether oxygens (including phenoxy) is 1. The summed E-state index contributed by atoms with van der Waals surface area (Å²) in [7, 11) is 0. The van der Waals surface area contributed by atoms with Crippen molar-refractivity contribution in [1.82, 2.24) is 4.90 Å². The molecule has 0 aromatic heterocycles. The van der Waals surface area contributed by atoms with Gasteiger partial charge in [-0.2, -0.15) is 0 Å². The van der Waals surface area contributed by atoms with Gasteiger partial charge in [-0.3, -0.25) is 14.5 Å². The van der Waals surface area contributed by atoms with Gasteiger partial charge in [0.2, 0.25) is 0 Å². The third kappa shape index (κ3) is 5.27. The molecule has 1 heterocycles. The molecule has 4 nitrogen and oxygen atoms in total. The molecule has 34 heavy (non-hydrogen) atoms. The normalized spacial score (nSPS) is 27.2. The van der Waals surface area contributed by atoms with E-state index in [4.69, 9.17) is 4.74 Å². The van der Waals surface area contributed by atoms with Gasteiger partial charge in [0, 0.05) is 31.3 Å². The van der Waals surface area contributed by atoms with E-state index in [-0.39, 0.29) is 41.7 Å².